The van der Waals surface area contributed by atoms with E-state index >= 15 is 0 Å². The van der Waals surface area contributed by atoms with Crippen molar-refractivity contribution in [2.24, 2.45) is 0 Å². The minimum Gasteiger partial charge on any atom is -0.496 e. The van der Waals surface area contributed by atoms with E-state index in [2.05, 4.69) is 41.4 Å². The normalized spacial score (nSPS) is 19.3. The summed E-state index contributed by atoms with van der Waals surface area (Å²) in [7, 11) is 3.35. The molecule has 138 valence electrons. The lowest BCUT2D eigenvalue weighted by Crippen LogP contribution is -2.24. The molecule has 1 atom stereocenters. The van der Waals surface area contributed by atoms with Crippen molar-refractivity contribution < 1.29 is 9.47 Å². The summed E-state index contributed by atoms with van der Waals surface area (Å²) in [6, 6.07) is 9.52. The molecule has 0 saturated carbocycles. The molecule has 4 rings (SSSR count). The largest absolute Gasteiger partial charge is 0.496 e. The van der Waals surface area contributed by atoms with Crippen LogP contribution < -0.4 is 4.74 Å². The minimum atomic E-state index is -0.244. The standard InChI is InChI=1S/C21H20ClN3O2/c1-21(27-3)10-8-14(9-11-21)15-4-7-19-23-24-20(25(19)13-15)17-6-5-16(22)12-18(17)26-2/h4-10,12-13H,11H2,1-3H3. The van der Waals surface area contributed by atoms with Gasteiger partial charge < -0.3 is 9.47 Å². The average Bonchev–Trinajstić information content (AvgIpc) is 3.11. The van der Waals surface area contributed by atoms with Gasteiger partial charge in [0.1, 0.15) is 5.75 Å². The molecule has 1 aromatic carbocycles. The van der Waals surface area contributed by atoms with Crippen molar-refractivity contribution in [1.82, 2.24) is 14.6 Å². The van der Waals surface area contributed by atoms with Gasteiger partial charge in [0.15, 0.2) is 11.5 Å². The summed E-state index contributed by atoms with van der Waals surface area (Å²) in [6.07, 6.45) is 9.26. The number of hydrogen-bond donors (Lipinski definition) is 0. The van der Waals surface area contributed by atoms with Crippen LogP contribution in [-0.4, -0.2) is 34.4 Å². The van der Waals surface area contributed by atoms with E-state index < -0.39 is 0 Å². The Labute approximate surface area is 162 Å². The van der Waals surface area contributed by atoms with Crippen LogP contribution in [-0.2, 0) is 4.74 Å². The second-order valence-electron chi connectivity index (χ2n) is 6.73. The average molecular weight is 382 g/mol. The first kappa shape index (κ1) is 17.8. The third kappa shape index (κ3) is 3.24. The zero-order valence-electron chi connectivity index (χ0n) is 15.4. The third-order valence-corrected chi connectivity index (χ3v) is 5.18. The summed E-state index contributed by atoms with van der Waals surface area (Å²) in [5.74, 6) is 1.37. The number of nitrogens with zero attached hydrogens (tertiary/aromatic N) is 3. The van der Waals surface area contributed by atoms with E-state index in [0.29, 0.717) is 16.6 Å². The fourth-order valence-electron chi connectivity index (χ4n) is 3.18. The minimum absolute atomic E-state index is 0.244. The number of pyridine rings is 1. The van der Waals surface area contributed by atoms with Crippen molar-refractivity contribution >= 4 is 22.8 Å². The van der Waals surface area contributed by atoms with Gasteiger partial charge in [-0.1, -0.05) is 29.8 Å². The van der Waals surface area contributed by atoms with Crippen molar-refractivity contribution in [3.63, 3.8) is 0 Å². The van der Waals surface area contributed by atoms with E-state index in [4.69, 9.17) is 21.1 Å². The zero-order chi connectivity index (χ0) is 19.0. The highest BCUT2D eigenvalue weighted by atomic mass is 35.5. The maximum absolute atomic E-state index is 6.09. The first-order valence-corrected chi connectivity index (χ1v) is 9.04. The molecule has 0 spiro atoms. The Balaban J connectivity index is 1.78. The van der Waals surface area contributed by atoms with E-state index in [0.717, 1.165) is 28.8 Å². The van der Waals surface area contributed by atoms with Gasteiger partial charge in [-0.15, -0.1) is 10.2 Å². The first-order chi connectivity index (χ1) is 13.0. The van der Waals surface area contributed by atoms with E-state index in [1.54, 1.807) is 20.3 Å². The van der Waals surface area contributed by atoms with Gasteiger partial charge in [0.25, 0.3) is 0 Å². The Morgan fingerprint density at radius 2 is 2.00 bits per heavy atom. The van der Waals surface area contributed by atoms with Crippen LogP contribution in [0.1, 0.15) is 18.9 Å². The van der Waals surface area contributed by atoms with Gasteiger partial charge in [-0.3, -0.25) is 4.40 Å². The molecule has 2 aromatic heterocycles. The summed E-state index contributed by atoms with van der Waals surface area (Å²) < 4.78 is 13.0. The molecule has 5 nitrogen and oxygen atoms in total. The number of methoxy groups -OCH3 is 2. The second-order valence-corrected chi connectivity index (χ2v) is 7.16. The summed E-state index contributed by atoms with van der Waals surface area (Å²) in [5, 5.41) is 9.26. The fourth-order valence-corrected chi connectivity index (χ4v) is 3.34. The molecule has 0 N–H and O–H groups in total. The number of allylic oxidation sites excluding steroid dienone is 2. The van der Waals surface area contributed by atoms with Gasteiger partial charge >= 0.3 is 0 Å². The predicted molar refractivity (Wildman–Crippen MR) is 107 cm³/mol. The van der Waals surface area contributed by atoms with E-state index in [1.165, 1.54) is 0 Å². The van der Waals surface area contributed by atoms with Crippen LogP contribution in [0, 0.1) is 0 Å². The first-order valence-electron chi connectivity index (χ1n) is 8.66. The van der Waals surface area contributed by atoms with E-state index in [9.17, 15) is 0 Å². The van der Waals surface area contributed by atoms with Crippen LogP contribution in [0.15, 0.2) is 54.8 Å². The van der Waals surface area contributed by atoms with Crippen LogP contribution in [0.2, 0.25) is 5.02 Å². The number of fused-ring (bicyclic) bond motifs is 1. The van der Waals surface area contributed by atoms with Crippen LogP contribution in [0.5, 0.6) is 5.75 Å². The van der Waals surface area contributed by atoms with Crippen LogP contribution in [0.4, 0.5) is 0 Å². The number of ether oxygens (including phenoxy) is 2. The van der Waals surface area contributed by atoms with Crippen molar-refractivity contribution in [3.8, 4) is 17.1 Å². The molecular formula is C21H20ClN3O2. The van der Waals surface area contributed by atoms with Gasteiger partial charge in [-0.25, -0.2) is 0 Å². The Morgan fingerprint density at radius 1 is 1.15 bits per heavy atom. The lowest BCUT2D eigenvalue weighted by Gasteiger charge is -2.26. The number of hydrogen-bond acceptors (Lipinski definition) is 4. The molecule has 0 radical (unpaired) electrons. The molecular weight excluding hydrogens is 362 g/mol. The Kier molecular flexibility index (Phi) is 4.50. The van der Waals surface area contributed by atoms with Crippen molar-refractivity contribution in [2.45, 2.75) is 18.9 Å². The molecule has 1 aliphatic rings. The Hall–Kier alpha value is -2.63. The van der Waals surface area contributed by atoms with Gasteiger partial charge in [-0.05, 0) is 54.8 Å². The highest BCUT2D eigenvalue weighted by molar-refractivity contribution is 6.30. The molecule has 1 unspecified atom stereocenters. The molecule has 3 aromatic rings. The smallest absolute Gasteiger partial charge is 0.172 e. The molecule has 0 bridgehead atoms. The highest BCUT2D eigenvalue weighted by Gasteiger charge is 2.22. The van der Waals surface area contributed by atoms with Crippen LogP contribution in [0.25, 0.3) is 22.6 Å². The lowest BCUT2D eigenvalue weighted by molar-refractivity contribution is 0.0508. The van der Waals surface area contributed by atoms with Gasteiger partial charge in [0, 0.05) is 18.3 Å². The molecule has 0 aliphatic heterocycles. The number of aromatic nitrogens is 3. The van der Waals surface area contributed by atoms with Gasteiger partial charge in [-0.2, -0.15) is 0 Å². The third-order valence-electron chi connectivity index (χ3n) is 4.95. The van der Waals surface area contributed by atoms with Gasteiger partial charge in [0.2, 0.25) is 0 Å². The molecule has 6 heteroatoms. The topological polar surface area (TPSA) is 48.7 Å². The second kappa shape index (κ2) is 6.83. The number of halogens is 1. The quantitative estimate of drug-likeness (QED) is 0.650. The maximum atomic E-state index is 6.09. The number of benzene rings is 1. The SMILES string of the molecule is COc1cc(Cl)ccc1-c1nnc2ccc(C3=CCC(C)(OC)C=C3)cn12. The fraction of sp³-hybridized carbons (Fsp3) is 0.238. The zero-order valence-corrected chi connectivity index (χ0v) is 16.2. The monoisotopic (exact) mass is 381 g/mol. The summed E-state index contributed by atoms with van der Waals surface area (Å²) in [4.78, 5) is 0. The molecule has 1 aliphatic carbocycles. The summed E-state index contributed by atoms with van der Waals surface area (Å²) >= 11 is 6.09. The van der Waals surface area contributed by atoms with Crippen molar-refractivity contribution in [2.75, 3.05) is 14.2 Å². The van der Waals surface area contributed by atoms with Crippen LogP contribution in [0.3, 0.4) is 0 Å². The highest BCUT2D eigenvalue weighted by Crippen LogP contribution is 2.33. The molecule has 0 saturated heterocycles. The number of rotatable bonds is 4. The van der Waals surface area contributed by atoms with E-state index in [1.807, 2.05) is 28.8 Å². The molecule has 0 amide bonds. The molecule has 2 heterocycles. The maximum Gasteiger partial charge on any atom is 0.172 e. The summed E-state index contributed by atoms with van der Waals surface area (Å²) in [5.41, 5.74) is 3.60. The van der Waals surface area contributed by atoms with Gasteiger partial charge in [0.05, 0.1) is 18.3 Å². The van der Waals surface area contributed by atoms with Crippen molar-refractivity contribution in [3.05, 3.63) is 65.3 Å². The van der Waals surface area contributed by atoms with E-state index in [-0.39, 0.29) is 5.60 Å². The Morgan fingerprint density at radius 3 is 2.70 bits per heavy atom. The molecule has 0 fully saturated rings. The molecule has 27 heavy (non-hydrogen) atoms. The lowest BCUT2D eigenvalue weighted by atomic mass is 9.91. The summed E-state index contributed by atoms with van der Waals surface area (Å²) in [6.45, 7) is 2.07. The predicted octanol–water partition coefficient (Wildman–Crippen LogP) is 4.81. The van der Waals surface area contributed by atoms with Crippen molar-refractivity contribution in [1.29, 1.82) is 0 Å². The van der Waals surface area contributed by atoms with Crippen LogP contribution >= 0.6 is 11.6 Å². The Bertz CT molecular complexity index is 1070.